The summed E-state index contributed by atoms with van der Waals surface area (Å²) in [5.41, 5.74) is 0. The summed E-state index contributed by atoms with van der Waals surface area (Å²) < 4.78 is 17.9. The maximum absolute atomic E-state index is 8.46. The molecule has 0 amide bonds. The Morgan fingerprint density at radius 1 is 1.22 bits per heavy atom. The van der Waals surface area contributed by atoms with E-state index in [1.807, 2.05) is 0 Å². The van der Waals surface area contributed by atoms with E-state index in [-0.39, 0.29) is 29.6 Å². The molecule has 0 aromatic heterocycles. The molecular weight excluding hydrogens is 144 g/mol. The van der Waals surface area contributed by atoms with Crippen molar-refractivity contribution in [2.24, 2.45) is 0 Å². The summed E-state index contributed by atoms with van der Waals surface area (Å²) in [7, 11) is 8.50. The Balaban J connectivity index is -0.0000000800. The second-order valence-electron chi connectivity index (χ2n) is 2.78. The summed E-state index contributed by atoms with van der Waals surface area (Å²) in [6.45, 7) is 0. The molecule has 3 nitrogen and oxygen atoms in total. The van der Waals surface area contributed by atoms with Gasteiger partial charge in [-0.25, -0.2) is 0 Å². The van der Waals surface area contributed by atoms with Gasteiger partial charge >= 0.3 is 53.0 Å². The monoisotopic (exact) mass is 157 g/mol. The van der Waals surface area contributed by atoms with Crippen LogP contribution in [0.4, 0.5) is 0 Å². The average molecular weight is 157 g/mol. The van der Waals surface area contributed by atoms with Crippen LogP contribution in [0.1, 0.15) is 0 Å². The van der Waals surface area contributed by atoms with E-state index in [0.29, 0.717) is 0 Å². The third-order valence-electron chi connectivity index (χ3n) is 0. The molecule has 0 radical (unpaired) electrons. The van der Waals surface area contributed by atoms with Gasteiger partial charge in [-0.2, -0.15) is 0 Å². The van der Waals surface area contributed by atoms with Crippen LogP contribution in [0.15, 0.2) is 0 Å². The first-order valence-corrected chi connectivity index (χ1v) is 3.20. The van der Waals surface area contributed by atoms with Gasteiger partial charge in [-0.1, -0.05) is 0 Å². The van der Waals surface area contributed by atoms with E-state index in [1.54, 1.807) is 0 Å². The Bertz CT molecular complexity index is 58.1. The molecule has 50 valence electrons. The fraction of sp³-hybridized carbons (Fsp3) is 1.00. The van der Waals surface area contributed by atoms with E-state index in [4.69, 9.17) is 7.96 Å². The van der Waals surface area contributed by atoms with E-state index >= 15 is 0 Å². The number of hydrogen-bond acceptors (Lipinski definition) is 2. The molecule has 0 aromatic rings. The van der Waals surface area contributed by atoms with Crippen LogP contribution in [0.2, 0.25) is 0 Å². The molecule has 0 rings (SSSR count). The molecular formula is C4H13AlNNaO2. The summed E-state index contributed by atoms with van der Waals surface area (Å²) in [6.07, 6.45) is 0. The van der Waals surface area contributed by atoms with Crippen LogP contribution < -0.4 is 4.16 Å². The van der Waals surface area contributed by atoms with Crippen LogP contribution in [0, 0.1) is 0 Å². The normalized spacial score (nSPS) is 7.56. The van der Waals surface area contributed by atoms with E-state index in [0.717, 1.165) is 4.48 Å². The zero-order valence-corrected chi connectivity index (χ0v) is 7.00. The number of quaternary nitrogens is 1. The van der Waals surface area contributed by atoms with E-state index in [9.17, 15) is 0 Å². The topological polar surface area (TPSA) is 40.1 Å². The Morgan fingerprint density at radius 3 is 1.22 bits per heavy atom. The summed E-state index contributed by atoms with van der Waals surface area (Å²) in [4.78, 5) is 0. The molecule has 0 heterocycles. The standard InChI is InChI=1S/C4H12N.Al.Na.2O.H/c1-5(2,3)4;;;;;/h1-4H3;;;;;/q+1;;;;-1;. The predicted octanol–water partition coefficient (Wildman–Crippen LogP) is -2.01. The molecule has 0 unspecified atom stereocenters. The van der Waals surface area contributed by atoms with Gasteiger partial charge in [0.2, 0.25) is 0 Å². The maximum atomic E-state index is 8.46. The molecule has 0 aliphatic heterocycles. The molecule has 0 aliphatic carbocycles. The van der Waals surface area contributed by atoms with Gasteiger partial charge in [0.25, 0.3) is 0 Å². The summed E-state index contributed by atoms with van der Waals surface area (Å²) in [5, 5.41) is 0. The van der Waals surface area contributed by atoms with E-state index in [2.05, 4.69) is 28.2 Å². The van der Waals surface area contributed by atoms with Crippen LogP contribution >= 0.6 is 0 Å². The van der Waals surface area contributed by atoms with Crippen LogP contribution in [0.25, 0.3) is 0 Å². The van der Waals surface area contributed by atoms with Gasteiger partial charge in [0.1, 0.15) is 0 Å². The molecule has 0 bridgehead atoms. The van der Waals surface area contributed by atoms with Crippen molar-refractivity contribution in [3.8, 4) is 0 Å². The van der Waals surface area contributed by atoms with Gasteiger partial charge in [-0.15, -0.1) is 0 Å². The van der Waals surface area contributed by atoms with Crippen LogP contribution in [0.3, 0.4) is 0 Å². The number of rotatable bonds is 0. The Labute approximate surface area is 85.2 Å². The molecule has 0 saturated heterocycles. The van der Waals surface area contributed by atoms with Crippen molar-refractivity contribution in [1.29, 1.82) is 0 Å². The number of nitrogens with zero attached hydrogens (tertiary/aromatic N) is 1. The third kappa shape index (κ3) is 383. The molecule has 0 saturated carbocycles. The zero-order chi connectivity index (χ0) is 7.21. The quantitative estimate of drug-likeness (QED) is 0.301. The van der Waals surface area contributed by atoms with Crippen molar-refractivity contribution in [1.82, 2.24) is 0 Å². The van der Waals surface area contributed by atoms with E-state index < -0.39 is 15.5 Å². The molecule has 0 spiro atoms. The second kappa shape index (κ2) is 9.09. The minimum atomic E-state index is -1.75. The molecule has 0 atom stereocenters. The first-order valence-electron chi connectivity index (χ1n) is 2.26. The van der Waals surface area contributed by atoms with Gasteiger partial charge in [0.05, 0.1) is 28.2 Å². The van der Waals surface area contributed by atoms with Crippen molar-refractivity contribution in [3.63, 3.8) is 0 Å². The van der Waals surface area contributed by atoms with Crippen LogP contribution in [0.5, 0.6) is 0 Å². The van der Waals surface area contributed by atoms with Crippen LogP contribution in [-0.4, -0.2) is 77.7 Å². The summed E-state index contributed by atoms with van der Waals surface area (Å²) in [6, 6.07) is 0. The first-order chi connectivity index (χ1) is 3.41. The van der Waals surface area contributed by atoms with E-state index in [1.165, 1.54) is 0 Å². The molecule has 0 aliphatic rings. The van der Waals surface area contributed by atoms with Crippen molar-refractivity contribution < 1.29 is 12.4 Å². The molecule has 0 N–H and O–H groups in total. The molecule has 0 aromatic carbocycles. The Morgan fingerprint density at radius 2 is 1.22 bits per heavy atom. The molecule has 9 heavy (non-hydrogen) atoms. The summed E-state index contributed by atoms with van der Waals surface area (Å²) >= 11 is -1.75. The minimum absolute atomic E-state index is 0. The van der Waals surface area contributed by atoms with Gasteiger partial charge in [0, 0.05) is 0 Å². The average Bonchev–Trinajstić information content (AvgIpc) is 1.27. The third-order valence-corrected chi connectivity index (χ3v) is 0. The SMILES string of the molecule is C[N+](C)(C)C.[NaH].[O]=[Al][O-]. The van der Waals surface area contributed by atoms with Gasteiger partial charge < -0.3 is 4.48 Å². The zero-order valence-electron chi connectivity index (χ0n) is 5.84. The fourth-order valence-electron chi connectivity index (χ4n) is 0. The first kappa shape index (κ1) is 16.6. The van der Waals surface area contributed by atoms with Crippen LogP contribution in [-0.2, 0) is 3.80 Å². The van der Waals surface area contributed by atoms with Gasteiger partial charge in [-0.3, -0.25) is 0 Å². The number of hydrogen-bond donors (Lipinski definition) is 0. The molecule has 0 fully saturated rings. The fourth-order valence-corrected chi connectivity index (χ4v) is 0. The van der Waals surface area contributed by atoms with Crippen molar-refractivity contribution in [2.75, 3.05) is 28.2 Å². The Kier molecular flexibility index (Phi) is 16.8. The predicted molar refractivity (Wildman–Crippen MR) is 37.5 cm³/mol. The van der Waals surface area contributed by atoms with Crippen molar-refractivity contribution in [3.05, 3.63) is 0 Å². The Hall–Kier alpha value is 1.09. The van der Waals surface area contributed by atoms with Crippen molar-refractivity contribution >= 4 is 45.0 Å². The van der Waals surface area contributed by atoms with Crippen molar-refractivity contribution in [2.45, 2.75) is 0 Å². The van der Waals surface area contributed by atoms with Gasteiger partial charge in [0.15, 0.2) is 0 Å². The van der Waals surface area contributed by atoms with Gasteiger partial charge in [-0.05, 0) is 0 Å². The molecule has 5 heteroatoms. The summed E-state index contributed by atoms with van der Waals surface area (Å²) in [5.74, 6) is 0. The second-order valence-corrected chi connectivity index (χ2v) is 2.97.